The predicted octanol–water partition coefficient (Wildman–Crippen LogP) is 3.24. The van der Waals surface area contributed by atoms with Crippen molar-refractivity contribution in [2.75, 3.05) is 0 Å². The van der Waals surface area contributed by atoms with Gasteiger partial charge in [-0.25, -0.2) is 0 Å². The van der Waals surface area contributed by atoms with Crippen molar-refractivity contribution in [3.05, 3.63) is 41.2 Å². The van der Waals surface area contributed by atoms with Crippen molar-refractivity contribution in [1.82, 2.24) is 9.78 Å². The third-order valence-corrected chi connectivity index (χ3v) is 3.41. The molecule has 0 radical (unpaired) electrons. The second-order valence-electron chi connectivity index (χ2n) is 4.81. The molecular formula is C15H21N3O. The van der Waals surface area contributed by atoms with Crippen LogP contribution in [0.5, 0.6) is 11.5 Å². The normalized spacial score (nSPS) is 12.5. The van der Waals surface area contributed by atoms with Gasteiger partial charge < -0.3 is 10.5 Å². The van der Waals surface area contributed by atoms with E-state index in [2.05, 4.69) is 12.0 Å². The lowest BCUT2D eigenvalue weighted by molar-refractivity contribution is 0.473. The molecule has 0 saturated carbocycles. The molecule has 2 rings (SSSR count). The van der Waals surface area contributed by atoms with Crippen LogP contribution in [0.15, 0.2) is 24.3 Å². The number of hydrogen-bond donors (Lipinski definition) is 1. The van der Waals surface area contributed by atoms with Crippen molar-refractivity contribution in [2.24, 2.45) is 12.8 Å². The maximum absolute atomic E-state index is 5.99. The quantitative estimate of drug-likeness (QED) is 0.917. The summed E-state index contributed by atoms with van der Waals surface area (Å²) in [6, 6.07) is 8.04. The minimum atomic E-state index is 0.0934. The van der Waals surface area contributed by atoms with Gasteiger partial charge in [-0.05, 0) is 38.0 Å². The smallest absolute Gasteiger partial charge is 0.171 e. The number of ether oxygens (including phenoxy) is 1. The summed E-state index contributed by atoms with van der Waals surface area (Å²) < 4.78 is 7.73. The van der Waals surface area contributed by atoms with Gasteiger partial charge in [0.15, 0.2) is 5.75 Å². The van der Waals surface area contributed by atoms with E-state index in [4.69, 9.17) is 10.5 Å². The molecule has 0 fully saturated rings. The van der Waals surface area contributed by atoms with E-state index < -0.39 is 0 Å². The molecule has 0 spiro atoms. The molecular weight excluding hydrogens is 238 g/mol. The Kier molecular flexibility index (Phi) is 3.90. The fourth-order valence-electron chi connectivity index (χ4n) is 2.04. The third-order valence-electron chi connectivity index (χ3n) is 3.41. The molecule has 1 aromatic carbocycles. The maximum Gasteiger partial charge on any atom is 0.171 e. The maximum atomic E-state index is 5.99. The first kappa shape index (κ1) is 13.6. The van der Waals surface area contributed by atoms with Crippen LogP contribution >= 0.6 is 0 Å². The number of aromatic nitrogens is 2. The third kappa shape index (κ3) is 2.79. The van der Waals surface area contributed by atoms with Crippen LogP contribution in [0, 0.1) is 13.8 Å². The Morgan fingerprint density at radius 2 is 1.89 bits per heavy atom. The van der Waals surface area contributed by atoms with Crippen LogP contribution in [0.4, 0.5) is 0 Å². The summed E-state index contributed by atoms with van der Waals surface area (Å²) >= 11 is 0. The van der Waals surface area contributed by atoms with Crippen LogP contribution in [-0.2, 0) is 7.05 Å². The highest BCUT2D eigenvalue weighted by Crippen LogP contribution is 2.28. The lowest BCUT2D eigenvalue weighted by Crippen LogP contribution is -2.08. The SMILES string of the molecule is CCC(N)c1ccc(Oc2c(C)nn(C)c2C)cc1. The molecule has 1 heterocycles. The highest BCUT2D eigenvalue weighted by Gasteiger charge is 2.11. The second-order valence-corrected chi connectivity index (χ2v) is 4.81. The molecule has 1 unspecified atom stereocenters. The van der Waals surface area contributed by atoms with Crippen molar-refractivity contribution in [3.63, 3.8) is 0 Å². The van der Waals surface area contributed by atoms with Crippen molar-refractivity contribution < 1.29 is 4.74 Å². The number of benzene rings is 1. The Labute approximate surface area is 114 Å². The number of hydrogen-bond acceptors (Lipinski definition) is 3. The first-order valence-electron chi connectivity index (χ1n) is 6.56. The average Bonchev–Trinajstić information content (AvgIpc) is 2.65. The topological polar surface area (TPSA) is 53.1 Å². The Morgan fingerprint density at radius 1 is 1.26 bits per heavy atom. The molecule has 0 aliphatic carbocycles. The predicted molar refractivity (Wildman–Crippen MR) is 76.4 cm³/mol. The minimum absolute atomic E-state index is 0.0934. The van der Waals surface area contributed by atoms with E-state index in [0.717, 1.165) is 34.9 Å². The lowest BCUT2D eigenvalue weighted by atomic mass is 10.1. The standard InChI is InChI=1S/C15H21N3O/c1-5-14(16)12-6-8-13(9-7-12)19-15-10(2)17-18(4)11(15)3/h6-9,14H,5,16H2,1-4H3. The Morgan fingerprint density at radius 3 is 2.37 bits per heavy atom. The zero-order valence-corrected chi connectivity index (χ0v) is 12.0. The summed E-state index contributed by atoms with van der Waals surface area (Å²) in [5, 5.41) is 4.34. The van der Waals surface area contributed by atoms with Crippen molar-refractivity contribution in [3.8, 4) is 11.5 Å². The van der Waals surface area contributed by atoms with Gasteiger partial charge in [0.1, 0.15) is 11.4 Å². The van der Waals surface area contributed by atoms with Crippen molar-refractivity contribution >= 4 is 0 Å². The van der Waals surface area contributed by atoms with Gasteiger partial charge in [0.2, 0.25) is 0 Å². The molecule has 4 heteroatoms. The molecule has 0 aliphatic heterocycles. The molecule has 1 aromatic heterocycles. The van der Waals surface area contributed by atoms with Crippen LogP contribution < -0.4 is 10.5 Å². The summed E-state index contributed by atoms with van der Waals surface area (Å²) in [4.78, 5) is 0. The van der Waals surface area contributed by atoms with E-state index in [1.165, 1.54) is 0 Å². The molecule has 0 aliphatic rings. The number of rotatable bonds is 4. The molecule has 2 aromatic rings. The largest absolute Gasteiger partial charge is 0.453 e. The molecule has 4 nitrogen and oxygen atoms in total. The molecule has 102 valence electrons. The molecule has 2 N–H and O–H groups in total. The van der Waals surface area contributed by atoms with E-state index in [0.29, 0.717) is 0 Å². The Hall–Kier alpha value is -1.81. The van der Waals surface area contributed by atoms with E-state index in [1.807, 2.05) is 49.8 Å². The monoisotopic (exact) mass is 259 g/mol. The summed E-state index contributed by atoms with van der Waals surface area (Å²) in [5.74, 6) is 1.64. The van der Waals surface area contributed by atoms with Gasteiger partial charge in [0.25, 0.3) is 0 Å². The number of nitrogens with two attached hydrogens (primary N) is 1. The zero-order chi connectivity index (χ0) is 14.0. The summed E-state index contributed by atoms with van der Waals surface area (Å²) in [6.45, 7) is 6.03. The van der Waals surface area contributed by atoms with Crippen LogP contribution in [0.2, 0.25) is 0 Å². The van der Waals surface area contributed by atoms with E-state index >= 15 is 0 Å². The van der Waals surface area contributed by atoms with Crippen LogP contribution in [0.1, 0.15) is 36.3 Å². The van der Waals surface area contributed by atoms with Gasteiger partial charge in [0.05, 0.1) is 5.69 Å². The van der Waals surface area contributed by atoms with Crippen LogP contribution in [0.3, 0.4) is 0 Å². The fourth-order valence-corrected chi connectivity index (χ4v) is 2.04. The van der Waals surface area contributed by atoms with Gasteiger partial charge >= 0.3 is 0 Å². The van der Waals surface area contributed by atoms with Crippen LogP contribution in [0.25, 0.3) is 0 Å². The minimum Gasteiger partial charge on any atom is -0.453 e. The molecule has 1 atom stereocenters. The van der Waals surface area contributed by atoms with Crippen molar-refractivity contribution in [1.29, 1.82) is 0 Å². The van der Waals surface area contributed by atoms with Gasteiger partial charge in [-0.15, -0.1) is 0 Å². The van der Waals surface area contributed by atoms with Gasteiger partial charge in [-0.3, -0.25) is 4.68 Å². The van der Waals surface area contributed by atoms with Gasteiger partial charge in [-0.1, -0.05) is 19.1 Å². The first-order valence-corrected chi connectivity index (χ1v) is 6.56. The lowest BCUT2D eigenvalue weighted by Gasteiger charge is -2.10. The zero-order valence-electron chi connectivity index (χ0n) is 12.0. The summed E-state index contributed by atoms with van der Waals surface area (Å²) in [5.41, 5.74) is 9.05. The van der Waals surface area contributed by atoms with Gasteiger partial charge in [-0.2, -0.15) is 5.10 Å². The first-order chi connectivity index (χ1) is 9.02. The highest BCUT2D eigenvalue weighted by atomic mass is 16.5. The summed E-state index contributed by atoms with van der Waals surface area (Å²) in [6.07, 6.45) is 0.932. The average molecular weight is 259 g/mol. The van der Waals surface area contributed by atoms with Crippen LogP contribution in [-0.4, -0.2) is 9.78 Å². The van der Waals surface area contributed by atoms with E-state index in [1.54, 1.807) is 0 Å². The number of aryl methyl sites for hydroxylation is 2. The fraction of sp³-hybridized carbons (Fsp3) is 0.400. The van der Waals surface area contributed by atoms with E-state index in [-0.39, 0.29) is 6.04 Å². The summed E-state index contributed by atoms with van der Waals surface area (Å²) in [7, 11) is 1.92. The van der Waals surface area contributed by atoms with Crippen molar-refractivity contribution in [2.45, 2.75) is 33.2 Å². The molecule has 0 amide bonds. The van der Waals surface area contributed by atoms with Gasteiger partial charge in [0, 0.05) is 13.1 Å². The molecule has 0 saturated heterocycles. The highest BCUT2D eigenvalue weighted by molar-refractivity contribution is 5.38. The molecule has 19 heavy (non-hydrogen) atoms. The van der Waals surface area contributed by atoms with E-state index in [9.17, 15) is 0 Å². The Balaban J connectivity index is 2.20. The molecule has 0 bridgehead atoms. The Bertz CT molecular complexity index is 558. The number of nitrogens with zero attached hydrogens (tertiary/aromatic N) is 2. The second kappa shape index (κ2) is 5.45.